The number of carbonyl (C=O) groups is 2. The highest BCUT2D eigenvalue weighted by atomic mass is 16.8. The molecule has 6 fully saturated rings. The number of esters is 1. The zero-order valence-electron chi connectivity index (χ0n) is 23.4. The third-order valence-corrected chi connectivity index (χ3v) is 12.3. The molecular weight excluding hydrogens is 504 g/mol. The SMILES string of the molecule is CO[C@@H]1C[C@@H](C)O[C@H]2O[C@@H]3C[C@H]4CC[C@@H]5[C@H](C(=O)C[C@]6(C)[C@H](C7=CC(=O)OC7)CC[C@]56O)[C@@]4(C)C[C@H]3O[C@]21O. The minimum atomic E-state index is -1.71. The molecule has 0 aromatic heterocycles. The van der Waals surface area contributed by atoms with Crippen LogP contribution in [-0.2, 0) is 33.3 Å². The summed E-state index contributed by atoms with van der Waals surface area (Å²) in [6, 6.07) is 0. The third kappa shape index (κ3) is 3.47. The van der Waals surface area contributed by atoms with E-state index < -0.39 is 35.3 Å². The molecule has 2 N–H and O–H groups in total. The Morgan fingerprint density at radius 2 is 1.85 bits per heavy atom. The lowest BCUT2D eigenvalue weighted by Gasteiger charge is -2.64. The van der Waals surface area contributed by atoms with Crippen molar-refractivity contribution in [3.05, 3.63) is 11.6 Å². The van der Waals surface area contributed by atoms with Crippen LogP contribution in [0.1, 0.15) is 72.1 Å². The Morgan fingerprint density at radius 3 is 2.56 bits per heavy atom. The maximum absolute atomic E-state index is 14.2. The normalized spacial score (nSPS) is 56.5. The van der Waals surface area contributed by atoms with Gasteiger partial charge >= 0.3 is 5.97 Å². The molecule has 216 valence electrons. The van der Waals surface area contributed by atoms with Gasteiger partial charge in [0.05, 0.1) is 23.9 Å². The number of fused-ring (bicyclic) bond motifs is 7. The molecule has 0 amide bonds. The van der Waals surface area contributed by atoms with E-state index in [1.165, 1.54) is 0 Å². The van der Waals surface area contributed by atoms with Crippen LogP contribution in [0.2, 0.25) is 0 Å². The van der Waals surface area contributed by atoms with E-state index >= 15 is 0 Å². The van der Waals surface area contributed by atoms with Gasteiger partial charge in [-0.25, -0.2) is 4.79 Å². The number of hydrogen-bond donors (Lipinski definition) is 2. The number of ketones is 1. The molecule has 0 bridgehead atoms. The van der Waals surface area contributed by atoms with Crippen molar-refractivity contribution in [3.8, 4) is 0 Å². The quantitative estimate of drug-likeness (QED) is 0.398. The summed E-state index contributed by atoms with van der Waals surface area (Å²) in [6.07, 6.45) is 4.45. The Bertz CT molecular complexity index is 1110. The van der Waals surface area contributed by atoms with Crippen molar-refractivity contribution in [2.24, 2.45) is 34.5 Å². The number of aliphatic hydroxyl groups is 2. The van der Waals surface area contributed by atoms with Gasteiger partial charge in [0.2, 0.25) is 12.1 Å². The summed E-state index contributed by atoms with van der Waals surface area (Å²) in [4.78, 5) is 26.0. The largest absolute Gasteiger partial charge is 0.458 e. The first-order valence-corrected chi connectivity index (χ1v) is 14.8. The average Bonchev–Trinajstić information content (AvgIpc) is 3.41. The van der Waals surface area contributed by atoms with E-state index in [0.29, 0.717) is 19.3 Å². The van der Waals surface area contributed by atoms with Gasteiger partial charge in [-0.1, -0.05) is 13.8 Å². The zero-order chi connectivity index (χ0) is 27.5. The molecule has 3 aliphatic heterocycles. The maximum atomic E-state index is 14.2. The molecule has 13 atom stereocenters. The predicted molar refractivity (Wildman–Crippen MR) is 136 cm³/mol. The number of methoxy groups -OCH3 is 1. The van der Waals surface area contributed by atoms with Gasteiger partial charge in [-0.15, -0.1) is 0 Å². The fraction of sp³-hybridized carbons (Fsp3) is 0.867. The molecule has 3 heterocycles. The monoisotopic (exact) mass is 546 g/mol. The van der Waals surface area contributed by atoms with E-state index in [2.05, 4.69) is 13.8 Å². The molecule has 2 saturated heterocycles. The van der Waals surface area contributed by atoms with Crippen molar-refractivity contribution < 1.29 is 43.5 Å². The van der Waals surface area contributed by atoms with E-state index in [1.54, 1.807) is 13.2 Å². The Kier molecular flexibility index (Phi) is 5.84. The summed E-state index contributed by atoms with van der Waals surface area (Å²) in [7, 11) is 1.56. The molecule has 7 rings (SSSR count). The van der Waals surface area contributed by atoms with Crippen LogP contribution in [0.3, 0.4) is 0 Å². The second kappa shape index (κ2) is 8.58. The number of cyclic esters (lactones) is 1. The van der Waals surface area contributed by atoms with Crippen LogP contribution in [0.5, 0.6) is 0 Å². The number of rotatable bonds is 2. The molecule has 4 saturated carbocycles. The van der Waals surface area contributed by atoms with Crippen LogP contribution in [0.4, 0.5) is 0 Å². The smallest absolute Gasteiger partial charge is 0.331 e. The van der Waals surface area contributed by atoms with Crippen molar-refractivity contribution in [3.63, 3.8) is 0 Å². The van der Waals surface area contributed by atoms with Gasteiger partial charge in [-0.2, -0.15) is 0 Å². The summed E-state index contributed by atoms with van der Waals surface area (Å²) < 4.78 is 29.6. The number of carbonyl (C=O) groups excluding carboxylic acids is 2. The van der Waals surface area contributed by atoms with Gasteiger partial charge in [0, 0.05) is 37.4 Å². The van der Waals surface area contributed by atoms with Crippen molar-refractivity contribution >= 4 is 11.8 Å². The number of ether oxygens (including phenoxy) is 5. The van der Waals surface area contributed by atoms with Crippen molar-refractivity contribution in [1.82, 2.24) is 0 Å². The van der Waals surface area contributed by atoms with E-state index in [0.717, 1.165) is 31.3 Å². The Hall–Kier alpha value is -1.36. The molecule has 0 spiro atoms. The predicted octanol–water partition coefficient (Wildman–Crippen LogP) is 2.65. The first-order valence-electron chi connectivity index (χ1n) is 14.8. The molecule has 9 nitrogen and oxygen atoms in total. The molecule has 0 aromatic rings. The molecule has 0 unspecified atom stereocenters. The van der Waals surface area contributed by atoms with E-state index in [4.69, 9.17) is 23.7 Å². The van der Waals surface area contributed by atoms with Crippen molar-refractivity contribution in [2.75, 3.05) is 13.7 Å². The van der Waals surface area contributed by atoms with E-state index in [-0.39, 0.29) is 66.1 Å². The standard InChI is InChI=1S/C30H42O9/c1-15-9-23(35-4)30(34)26(37-15)38-21-11-17-5-6-19-25(27(17,2)13-22(21)39-30)20(31)12-28(3)18(7-8-29(19,28)33)16-10-24(32)36-14-16/h10,15,17-19,21-23,25-26,33-34H,5-9,11-14H2,1-4H3/t15-,17-,18+,19-,21-,22-,23-,25-,26+,27+,28-,29+,30+/m1/s1. The fourth-order valence-electron chi connectivity index (χ4n) is 10.4. The van der Waals surface area contributed by atoms with Gasteiger partial charge < -0.3 is 33.9 Å². The molecule has 9 heteroatoms. The van der Waals surface area contributed by atoms with Crippen LogP contribution in [0.15, 0.2) is 11.6 Å². The van der Waals surface area contributed by atoms with Gasteiger partial charge in [-0.05, 0) is 74.2 Å². The van der Waals surface area contributed by atoms with Crippen LogP contribution >= 0.6 is 0 Å². The lowest BCUT2D eigenvalue weighted by molar-refractivity contribution is -0.459. The molecular formula is C30H42O9. The number of hydrogen-bond acceptors (Lipinski definition) is 9. The molecule has 0 aromatic carbocycles. The van der Waals surface area contributed by atoms with Crippen LogP contribution in [0, 0.1) is 34.5 Å². The minimum Gasteiger partial charge on any atom is -0.458 e. The average molecular weight is 547 g/mol. The summed E-state index contributed by atoms with van der Waals surface area (Å²) in [5.41, 5.74) is -1.09. The Balaban J connectivity index is 1.19. The highest BCUT2D eigenvalue weighted by Crippen LogP contribution is 2.69. The topological polar surface area (TPSA) is 121 Å². The highest BCUT2D eigenvalue weighted by molar-refractivity contribution is 5.86. The molecule has 0 radical (unpaired) electrons. The lowest BCUT2D eigenvalue weighted by Crippen LogP contribution is -2.71. The molecule has 7 aliphatic rings. The van der Waals surface area contributed by atoms with Gasteiger partial charge in [0.25, 0.3) is 0 Å². The first-order chi connectivity index (χ1) is 18.4. The zero-order valence-corrected chi connectivity index (χ0v) is 23.4. The van der Waals surface area contributed by atoms with E-state index in [1.807, 2.05) is 6.92 Å². The summed E-state index contributed by atoms with van der Waals surface area (Å²) in [5, 5.41) is 24.0. The van der Waals surface area contributed by atoms with Crippen LogP contribution in [0.25, 0.3) is 0 Å². The van der Waals surface area contributed by atoms with Crippen LogP contribution in [-0.4, -0.2) is 77.8 Å². The summed E-state index contributed by atoms with van der Waals surface area (Å²) in [6.45, 7) is 6.44. The second-order valence-electron chi connectivity index (χ2n) is 14.0. The van der Waals surface area contributed by atoms with Gasteiger partial charge in [0.15, 0.2) is 0 Å². The van der Waals surface area contributed by atoms with Crippen molar-refractivity contribution in [2.45, 2.75) is 114 Å². The summed E-state index contributed by atoms with van der Waals surface area (Å²) >= 11 is 0. The fourth-order valence-corrected chi connectivity index (χ4v) is 10.4. The van der Waals surface area contributed by atoms with Crippen molar-refractivity contribution in [1.29, 1.82) is 0 Å². The maximum Gasteiger partial charge on any atom is 0.331 e. The minimum absolute atomic E-state index is 0.0407. The first kappa shape index (κ1) is 26.5. The van der Waals surface area contributed by atoms with Gasteiger partial charge in [0.1, 0.15) is 18.5 Å². The third-order valence-electron chi connectivity index (χ3n) is 12.3. The molecule has 39 heavy (non-hydrogen) atoms. The Labute approximate surface area is 229 Å². The number of Topliss-reactive ketones (excluding diaryl/α,β-unsaturated/α-hetero) is 1. The highest BCUT2D eigenvalue weighted by Gasteiger charge is 2.71. The lowest BCUT2D eigenvalue weighted by atomic mass is 9.42. The van der Waals surface area contributed by atoms with Gasteiger partial charge in [-0.3, -0.25) is 4.79 Å². The van der Waals surface area contributed by atoms with E-state index in [9.17, 15) is 19.8 Å². The summed E-state index contributed by atoms with van der Waals surface area (Å²) in [5.74, 6) is -2.08. The van der Waals surface area contributed by atoms with Crippen LogP contribution < -0.4 is 0 Å². The Morgan fingerprint density at radius 1 is 1.05 bits per heavy atom. The second-order valence-corrected chi connectivity index (χ2v) is 14.0. The molecule has 4 aliphatic carbocycles.